The highest BCUT2D eigenvalue weighted by molar-refractivity contribution is 6.05. The summed E-state index contributed by atoms with van der Waals surface area (Å²) in [7, 11) is 1.70. The van der Waals surface area contributed by atoms with Gasteiger partial charge in [-0.25, -0.2) is 4.98 Å². The van der Waals surface area contributed by atoms with E-state index in [9.17, 15) is 9.59 Å². The van der Waals surface area contributed by atoms with E-state index in [-0.39, 0.29) is 29.3 Å². The van der Waals surface area contributed by atoms with E-state index in [2.05, 4.69) is 41.7 Å². The number of nitrogens with one attached hydrogen (secondary N) is 3. The van der Waals surface area contributed by atoms with E-state index < -0.39 is 0 Å². The number of benzene rings is 3. The van der Waals surface area contributed by atoms with Crippen LogP contribution in [0.3, 0.4) is 0 Å². The Kier molecular flexibility index (Phi) is 9.37. The van der Waals surface area contributed by atoms with E-state index in [1.807, 2.05) is 73.7 Å². The van der Waals surface area contributed by atoms with Crippen molar-refractivity contribution in [1.82, 2.24) is 14.9 Å². The van der Waals surface area contributed by atoms with Crippen LogP contribution in [0.4, 0.5) is 17.2 Å². The second-order valence-corrected chi connectivity index (χ2v) is 11.2. The first-order valence-electron chi connectivity index (χ1n) is 13.8. The maximum Gasteiger partial charge on any atom is 0.293 e. The molecule has 3 aromatic carbocycles. The van der Waals surface area contributed by atoms with E-state index in [0.29, 0.717) is 23.5 Å². The Hall–Kier alpha value is -4.27. The van der Waals surface area contributed by atoms with Gasteiger partial charge in [0.05, 0.1) is 12.3 Å². The third-order valence-electron chi connectivity index (χ3n) is 7.01. The summed E-state index contributed by atoms with van der Waals surface area (Å²) in [5, 5.41) is 18.3. The minimum Gasteiger partial charge on any atom is -0.395 e. The van der Waals surface area contributed by atoms with Gasteiger partial charge in [-0.2, -0.15) is 0 Å². The SMILES string of the molecule is Cc1c(NC(=O)c2ccc(C(C)(C)C)cc2)cccc1-c1cn(C)c(=O)c(Nc2cccc(CCNCCO)c2)n1. The van der Waals surface area contributed by atoms with E-state index in [1.54, 1.807) is 13.2 Å². The third-order valence-corrected chi connectivity index (χ3v) is 7.01. The van der Waals surface area contributed by atoms with Crippen LogP contribution < -0.4 is 21.5 Å². The minimum atomic E-state index is -0.246. The quantitative estimate of drug-likeness (QED) is 0.202. The number of carbonyl (C=O) groups is 1. The summed E-state index contributed by atoms with van der Waals surface area (Å²) < 4.78 is 1.51. The maximum atomic E-state index is 13.1. The fourth-order valence-electron chi connectivity index (χ4n) is 4.56. The standard InChI is InChI=1S/C33H39N5O3/c1-22-27(10-7-11-28(22)37-31(40)24-12-14-25(15-13-24)33(2,3)4)29-21-38(5)32(41)30(36-29)35-26-9-6-8-23(20-26)16-17-34-18-19-39/h6-15,20-21,34,39H,16-19H2,1-5H3,(H,35,36)(H,37,40). The molecule has 41 heavy (non-hydrogen) atoms. The molecule has 0 aliphatic heterocycles. The molecule has 214 valence electrons. The summed E-state index contributed by atoms with van der Waals surface area (Å²) >= 11 is 0. The van der Waals surface area contributed by atoms with Crippen molar-refractivity contribution in [1.29, 1.82) is 0 Å². The lowest BCUT2D eigenvalue weighted by molar-refractivity contribution is 0.102. The Bertz CT molecular complexity index is 1570. The van der Waals surface area contributed by atoms with Crippen LogP contribution in [0.2, 0.25) is 0 Å². The molecule has 8 heteroatoms. The van der Waals surface area contributed by atoms with Gasteiger partial charge in [-0.1, -0.05) is 57.2 Å². The average molecular weight is 554 g/mol. The molecular formula is C33H39N5O3. The van der Waals surface area contributed by atoms with Crippen LogP contribution in [-0.4, -0.2) is 40.3 Å². The molecule has 0 spiro atoms. The zero-order chi connectivity index (χ0) is 29.6. The highest BCUT2D eigenvalue weighted by atomic mass is 16.3. The van der Waals surface area contributed by atoms with Crippen LogP contribution in [-0.2, 0) is 18.9 Å². The molecular weight excluding hydrogens is 514 g/mol. The molecule has 4 aromatic rings. The topological polar surface area (TPSA) is 108 Å². The number of carbonyl (C=O) groups excluding carboxylic acids is 1. The first-order valence-corrected chi connectivity index (χ1v) is 13.8. The molecule has 0 saturated carbocycles. The zero-order valence-corrected chi connectivity index (χ0v) is 24.4. The van der Waals surface area contributed by atoms with E-state index in [4.69, 9.17) is 5.11 Å². The molecule has 4 rings (SSSR count). The van der Waals surface area contributed by atoms with Gasteiger partial charge in [-0.05, 0) is 72.3 Å². The van der Waals surface area contributed by atoms with Crippen LogP contribution in [0.1, 0.15) is 47.8 Å². The summed E-state index contributed by atoms with van der Waals surface area (Å²) in [5.74, 6) is 0.0289. The number of aliphatic hydroxyl groups is 1. The minimum absolute atomic E-state index is 0.0112. The number of hydrogen-bond acceptors (Lipinski definition) is 6. The van der Waals surface area contributed by atoms with Crippen molar-refractivity contribution in [2.24, 2.45) is 7.05 Å². The molecule has 0 aliphatic rings. The summed E-state index contributed by atoms with van der Waals surface area (Å²) in [6.07, 6.45) is 2.50. The number of hydrogen-bond donors (Lipinski definition) is 4. The number of amides is 1. The smallest absolute Gasteiger partial charge is 0.293 e. The summed E-state index contributed by atoms with van der Waals surface area (Å²) in [6, 6.07) is 21.2. The van der Waals surface area contributed by atoms with Crippen molar-refractivity contribution in [2.75, 3.05) is 30.3 Å². The van der Waals surface area contributed by atoms with Gasteiger partial charge < -0.3 is 25.6 Å². The molecule has 0 unspecified atom stereocenters. The second kappa shape index (κ2) is 12.9. The molecule has 1 amide bonds. The third kappa shape index (κ3) is 7.48. The van der Waals surface area contributed by atoms with Crippen molar-refractivity contribution >= 4 is 23.1 Å². The molecule has 0 radical (unpaired) electrons. The predicted molar refractivity (Wildman–Crippen MR) is 166 cm³/mol. The molecule has 0 atom stereocenters. The average Bonchev–Trinajstić information content (AvgIpc) is 2.94. The molecule has 0 saturated heterocycles. The number of anilines is 3. The van der Waals surface area contributed by atoms with Crippen molar-refractivity contribution in [3.8, 4) is 11.3 Å². The van der Waals surface area contributed by atoms with E-state index >= 15 is 0 Å². The summed E-state index contributed by atoms with van der Waals surface area (Å²) in [5.41, 5.74) is 6.33. The zero-order valence-electron chi connectivity index (χ0n) is 24.4. The van der Waals surface area contributed by atoms with E-state index in [0.717, 1.165) is 35.3 Å². The van der Waals surface area contributed by atoms with E-state index in [1.165, 1.54) is 10.1 Å². The molecule has 4 N–H and O–H groups in total. The van der Waals surface area contributed by atoms with Crippen molar-refractivity contribution in [3.05, 3.63) is 106 Å². The molecule has 0 fully saturated rings. The lowest BCUT2D eigenvalue weighted by Gasteiger charge is -2.19. The predicted octanol–water partition coefficient (Wildman–Crippen LogP) is 5.17. The Morgan fingerprint density at radius 1 is 1.00 bits per heavy atom. The van der Waals surface area contributed by atoms with Crippen LogP contribution in [0.15, 0.2) is 77.7 Å². The van der Waals surface area contributed by atoms with Gasteiger partial charge in [-0.3, -0.25) is 9.59 Å². The van der Waals surface area contributed by atoms with Gasteiger partial charge >= 0.3 is 0 Å². The lowest BCUT2D eigenvalue weighted by Crippen LogP contribution is -2.22. The second-order valence-electron chi connectivity index (χ2n) is 11.2. The molecule has 0 bridgehead atoms. The Morgan fingerprint density at radius 3 is 2.44 bits per heavy atom. The lowest BCUT2D eigenvalue weighted by atomic mass is 9.86. The largest absolute Gasteiger partial charge is 0.395 e. The highest BCUT2D eigenvalue weighted by Crippen LogP contribution is 2.29. The molecule has 1 heterocycles. The highest BCUT2D eigenvalue weighted by Gasteiger charge is 2.16. The van der Waals surface area contributed by atoms with Gasteiger partial charge in [0.15, 0.2) is 5.82 Å². The number of aliphatic hydroxyl groups excluding tert-OH is 1. The van der Waals surface area contributed by atoms with Crippen LogP contribution in [0, 0.1) is 6.92 Å². The van der Waals surface area contributed by atoms with Gasteiger partial charge in [0, 0.05) is 42.3 Å². The van der Waals surface area contributed by atoms with Gasteiger partial charge in [0.25, 0.3) is 11.5 Å². The van der Waals surface area contributed by atoms with Gasteiger partial charge in [0.1, 0.15) is 0 Å². The Labute approximate surface area is 241 Å². The first kappa shape index (κ1) is 29.7. The van der Waals surface area contributed by atoms with Gasteiger partial charge in [-0.15, -0.1) is 0 Å². The number of aryl methyl sites for hydroxylation is 1. The summed E-state index contributed by atoms with van der Waals surface area (Å²) in [4.78, 5) is 30.7. The van der Waals surface area contributed by atoms with Crippen molar-refractivity contribution in [2.45, 2.75) is 39.5 Å². The Balaban J connectivity index is 1.56. The fraction of sp³-hybridized carbons (Fsp3) is 0.303. The normalized spacial score (nSPS) is 11.4. The number of aromatic nitrogens is 2. The molecule has 1 aromatic heterocycles. The van der Waals surface area contributed by atoms with Crippen LogP contribution in [0.25, 0.3) is 11.3 Å². The van der Waals surface area contributed by atoms with Crippen molar-refractivity contribution < 1.29 is 9.90 Å². The first-order chi connectivity index (χ1) is 19.6. The molecule has 8 nitrogen and oxygen atoms in total. The number of rotatable bonds is 10. The maximum absolute atomic E-state index is 13.1. The van der Waals surface area contributed by atoms with Crippen LogP contribution >= 0.6 is 0 Å². The van der Waals surface area contributed by atoms with Gasteiger partial charge in [0.2, 0.25) is 0 Å². The monoisotopic (exact) mass is 553 g/mol. The fourth-order valence-corrected chi connectivity index (χ4v) is 4.56. The number of nitrogens with zero attached hydrogens (tertiary/aromatic N) is 2. The Morgan fingerprint density at radius 2 is 1.73 bits per heavy atom. The van der Waals surface area contributed by atoms with Crippen molar-refractivity contribution in [3.63, 3.8) is 0 Å². The van der Waals surface area contributed by atoms with Crippen LogP contribution in [0.5, 0.6) is 0 Å². The molecule has 0 aliphatic carbocycles. The summed E-state index contributed by atoms with van der Waals surface area (Å²) in [6.45, 7) is 9.76.